The van der Waals surface area contributed by atoms with Gasteiger partial charge in [0.1, 0.15) is 5.75 Å². The molecule has 1 aliphatic carbocycles. The molecule has 0 bridgehead atoms. The molecule has 1 aromatic rings. The van der Waals surface area contributed by atoms with Crippen molar-refractivity contribution in [3.05, 3.63) is 29.8 Å². The Labute approximate surface area is 146 Å². The maximum absolute atomic E-state index is 12.4. The number of hydrogen-bond donors (Lipinski definition) is 1. The quantitative estimate of drug-likeness (QED) is 0.884. The van der Waals surface area contributed by atoms with Crippen molar-refractivity contribution in [1.29, 1.82) is 0 Å². The topological polar surface area (TPSA) is 49.8 Å². The fourth-order valence-corrected chi connectivity index (χ4v) is 3.97. The minimum Gasteiger partial charge on any atom is -0.435 e. The molecule has 1 heterocycles. The van der Waals surface area contributed by atoms with Crippen LogP contribution < -0.4 is 4.74 Å². The molecule has 0 radical (unpaired) electrons. The summed E-state index contributed by atoms with van der Waals surface area (Å²) in [7, 11) is 0. The van der Waals surface area contributed by atoms with Crippen molar-refractivity contribution in [2.45, 2.75) is 51.2 Å². The Morgan fingerprint density at radius 2 is 2.04 bits per heavy atom. The second-order valence-electron chi connectivity index (χ2n) is 7.60. The SMILES string of the molecule is CC1(O)CC(C(=O)N2CCC(Cc3cccc(OC(F)F)c3)CC2)C1. The summed E-state index contributed by atoms with van der Waals surface area (Å²) in [5.41, 5.74) is 0.308. The van der Waals surface area contributed by atoms with E-state index in [1.54, 1.807) is 19.1 Å². The molecule has 1 N–H and O–H groups in total. The summed E-state index contributed by atoms with van der Waals surface area (Å²) < 4.78 is 29.1. The number of likely N-dealkylation sites (tertiary alicyclic amines) is 1. The van der Waals surface area contributed by atoms with Crippen molar-refractivity contribution in [3.8, 4) is 5.75 Å². The molecule has 138 valence electrons. The van der Waals surface area contributed by atoms with Gasteiger partial charge in [-0.1, -0.05) is 12.1 Å². The highest BCUT2D eigenvalue weighted by atomic mass is 19.3. The number of benzene rings is 1. The van der Waals surface area contributed by atoms with Crippen LogP contribution in [0.2, 0.25) is 0 Å². The molecule has 6 heteroatoms. The first kappa shape index (κ1) is 18.1. The Balaban J connectivity index is 1.47. The van der Waals surface area contributed by atoms with Gasteiger partial charge in [0.05, 0.1) is 5.60 Å². The van der Waals surface area contributed by atoms with Crippen LogP contribution in [0.1, 0.15) is 38.2 Å². The van der Waals surface area contributed by atoms with Crippen LogP contribution >= 0.6 is 0 Å². The Bertz CT molecular complexity index is 604. The van der Waals surface area contributed by atoms with E-state index >= 15 is 0 Å². The van der Waals surface area contributed by atoms with Gasteiger partial charge in [0, 0.05) is 19.0 Å². The van der Waals surface area contributed by atoms with Gasteiger partial charge in [-0.25, -0.2) is 0 Å². The molecule has 1 amide bonds. The second kappa shape index (κ2) is 7.28. The normalized spacial score (nSPS) is 27.2. The maximum atomic E-state index is 12.4. The Hall–Kier alpha value is -1.69. The summed E-state index contributed by atoms with van der Waals surface area (Å²) in [6.45, 7) is 0.427. The highest BCUT2D eigenvalue weighted by Crippen LogP contribution is 2.39. The second-order valence-corrected chi connectivity index (χ2v) is 7.60. The molecule has 1 aromatic carbocycles. The Morgan fingerprint density at radius 3 is 2.64 bits per heavy atom. The Morgan fingerprint density at radius 1 is 1.36 bits per heavy atom. The van der Waals surface area contributed by atoms with Gasteiger partial charge in [-0.3, -0.25) is 4.79 Å². The monoisotopic (exact) mass is 353 g/mol. The van der Waals surface area contributed by atoms with E-state index in [1.165, 1.54) is 6.07 Å². The van der Waals surface area contributed by atoms with Crippen molar-refractivity contribution in [1.82, 2.24) is 4.90 Å². The van der Waals surface area contributed by atoms with Crippen molar-refractivity contribution in [2.75, 3.05) is 13.1 Å². The highest BCUT2D eigenvalue weighted by molar-refractivity contribution is 5.80. The van der Waals surface area contributed by atoms with Crippen LogP contribution in [0.5, 0.6) is 5.75 Å². The fourth-order valence-electron chi connectivity index (χ4n) is 3.97. The van der Waals surface area contributed by atoms with E-state index in [2.05, 4.69) is 4.74 Å². The van der Waals surface area contributed by atoms with Gasteiger partial charge in [-0.15, -0.1) is 0 Å². The molecule has 0 aromatic heterocycles. The zero-order valence-electron chi connectivity index (χ0n) is 14.5. The molecular formula is C19H25F2NO3. The molecule has 2 aliphatic rings. The number of nitrogens with zero attached hydrogens (tertiary/aromatic N) is 1. The van der Waals surface area contributed by atoms with Gasteiger partial charge in [0.2, 0.25) is 5.91 Å². The van der Waals surface area contributed by atoms with E-state index in [9.17, 15) is 18.7 Å². The van der Waals surface area contributed by atoms with Crippen LogP contribution in [0.25, 0.3) is 0 Å². The Kier molecular flexibility index (Phi) is 5.27. The van der Waals surface area contributed by atoms with Gasteiger partial charge < -0.3 is 14.7 Å². The molecule has 1 aliphatic heterocycles. The first-order valence-electron chi connectivity index (χ1n) is 8.87. The number of alkyl halides is 2. The molecule has 2 fully saturated rings. The number of rotatable bonds is 5. The van der Waals surface area contributed by atoms with Crippen molar-refractivity contribution in [2.24, 2.45) is 11.8 Å². The van der Waals surface area contributed by atoms with E-state index < -0.39 is 12.2 Å². The summed E-state index contributed by atoms with van der Waals surface area (Å²) in [6, 6.07) is 6.85. The molecule has 3 rings (SSSR count). The minimum absolute atomic E-state index is 0.0327. The van der Waals surface area contributed by atoms with Crippen LogP contribution in [0.15, 0.2) is 24.3 Å². The van der Waals surface area contributed by atoms with Gasteiger partial charge in [0.15, 0.2) is 0 Å². The smallest absolute Gasteiger partial charge is 0.387 e. The average molecular weight is 353 g/mol. The first-order valence-corrected chi connectivity index (χ1v) is 8.87. The summed E-state index contributed by atoms with van der Waals surface area (Å²) in [6.07, 6.45) is 3.75. The summed E-state index contributed by atoms with van der Waals surface area (Å²) in [5.74, 6) is 0.763. The molecule has 0 spiro atoms. The van der Waals surface area contributed by atoms with Crippen molar-refractivity contribution in [3.63, 3.8) is 0 Å². The lowest BCUT2D eigenvalue weighted by Gasteiger charge is -2.43. The molecule has 0 unspecified atom stereocenters. The fraction of sp³-hybridized carbons (Fsp3) is 0.632. The van der Waals surface area contributed by atoms with E-state index in [0.29, 0.717) is 18.8 Å². The van der Waals surface area contributed by atoms with Crippen LogP contribution in [0.3, 0.4) is 0 Å². The lowest BCUT2D eigenvalue weighted by molar-refractivity contribution is -0.151. The van der Waals surface area contributed by atoms with Crippen molar-refractivity contribution >= 4 is 5.91 Å². The molecule has 1 saturated heterocycles. The predicted octanol–water partition coefficient (Wildman–Crippen LogP) is 3.23. The third kappa shape index (κ3) is 4.69. The third-order valence-corrected chi connectivity index (χ3v) is 5.30. The molecular weight excluding hydrogens is 328 g/mol. The number of halogens is 2. The van der Waals surface area contributed by atoms with Gasteiger partial charge >= 0.3 is 6.61 Å². The van der Waals surface area contributed by atoms with Gasteiger partial charge in [0.25, 0.3) is 0 Å². The van der Waals surface area contributed by atoms with Crippen molar-refractivity contribution < 1.29 is 23.4 Å². The number of piperidine rings is 1. The van der Waals surface area contributed by atoms with E-state index in [0.717, 1.165) is 37.9 Å². The number of hydrogen-bond acceptors (Lipinski definition) is 3. The van der Waals surface area contributed by atoms with Crippen LogP contribution in [-0.4, -0.2) is 41.2 Å². The van der Waals surface area contributed by atoms with E-state index in [4.69, 9.17) is 0 Å². The zero-order valence-corrected chi connectivity index (χ0v) is 14.5. The number of carbonyl (C=O) groups excluding carboxylic acids is 1. The highest BCUT2D eigenvalue weighted by Gasteiger charge is 2.44. The maximum Gasteiger partial charge on any atom is 0.387 e. The zero-order chi connectivity index (χ0) is 18.0. The van der Waals surface area contributed by atoms with Crippen LogP contribution in [0.4, 0.5) is 8.78 Å². The first-order chi connectivity index (χ1) is 11.8. The van der Waals surface area contributed by atoms with Crippen LogP contribution in [0, 0.1) is 11.8 Å². The molecule has 1 saturated carbocycles. The predicted molar refractivity (Wildman–Crippen MR) is 89.4 cm³/mol. The summed E-state index contributed by atoms with van der Waals surface area (Å²) in [4.78, 5) is 14.3. The molecule has 25 heavy (non-hydrogen) atoms. The molecule has 4 nitrogen and oxygen atoms in total. The lowest BCUT2D eigenvalue weighted by atomic mass is 9.71. The number of ether oxygens (including phenoxy) is 1. The van der Waals surface area contributed by atoms with Crippen LogP contribution in [-0.2, 0) is 11.2 Å². The summed E-state index contributed by atoms with van der Waals surface area (Å²) >= 11 is 0. The minimum atomic E-state index is -2.81. The number of amides is 1. The number of carbonyl (C=O) groups is 1. The average Bonchev–Trinajstić information content (AvgIpc) is 2.52. The molecule has 0 atom stereocenters. The van der Waals surface area contributed by atoms with E-state index in [-0.39, 0.29) is 17.6 Å². The van der Waals surface area contributed by atoms with E-state index in [1.807, 2.05) is 11.0 Å². The number of aliphatic hydroxyl groups is 1. The largest absolute Gasteiger partial charge is 0.435 e. The van der Waals surface area contributed by atoms with Gasteiger partial charge in [-0.2, -0.15) is 8.78 Å². The summed E-state index contributed by atoms with van der Waals surface area (Å²) in [5, 5.41) is 9.79. The van der Waals surface area contributed by atoms with Gasteiger partial charge in [-0.05, 0) is 62.6 Å². The lowest BCUT2D eigenvalue weighted by Crippen LogP contribution is -2.51. The third-order valence-electron chi connectivity index (χ3n) is 5.30. The standard InChI is InChI=1S/C19H25F2NO3/c1-19(24)11-15(12-19)17(23)22-7-5-13(6-8-22)9-14-3-2-4-16(10-14)25-18(20)21/h2-4,10,13,15,18,24H,5-9,11-12H2,1H3.